The van der Waals surface area contributed by atoms with Crippen LogP contribution in [0.4, 0.5) is 0 Å². The number of carbonyl (C=O) groups is 2. The summed E-state index contributed by atoms with van der Waals surface area (Å²) in [5.41, 5.74) is 1.80. The highest BCUT2D eigenvalue weighted by Gasteiger charge is 2.35. The van der Waals surface area contributed by atoms with Gasteiger partial charge in [0, 0.05) is 23.9 Å². The molecule has 1 aliphatic rings. The molecule has 1 aromatic heterocycles. The van der Waals surface area contributed by atoms with Crippen molar-refractivity contribution in [2.24, 2.45) is 5.92 Å². The highest BCUT2D eigenvalue weighted by Crippen LogP contribution is 2.37. The van der Waals surface area contributed by atoms with Gasteiger partial charge in [0.05, 0.1) is 19.2 Å². The highest BCUT2D eigenvalue weighted by atomic mass is 32.2. The van der Waals surface area contributed by atoms with Crippen LogP contribution in [-0.2, 0) is 38.9 Å². The number of carbonyl (C=O) groups excluding carboxylic acids is 2. The summed E-state index contributed by atoms with van der Waals surface area (Å²) < 4.78 is 33.7. The van der Waals surface area contributed by atoms with E-state index in [9.17, 15) is 18.0 Å². The summed E-state index contributed by atoms with van der Waals surface area (Å²) in [4.78, 5) is 27.9. The lowest BCUT2D eigenvalue weighted by Gasteiger charge is -2.30. The first-order chi connectivity index (χ1) is 15.3. The Morgan fingerprint density at radius 1 is 1.19 bits per heavy atom. The van der Waals surface area contributed by atoms with Crippen LogP contribution in [0, 0.1) is 5.92 Å². The Bertz CT molecular complexity index is 1060. The van der Waals surface area contributed by atoms with Crippen LogP contribution in [0.5, 0.6) is 0 Å². The second-order valence-electron chi connectivity index (χ2n) is 7.81. The predicted octanol–water partition coefficient (Wildman–Crippen LogP) is 3.38. The van der Waals surface area contributed by atoms with E-state index < -0.39 is 16.0 Å². The van der Waals surface area contributed by atoms with Gasteiger partial charge in [-0.3, -0.25) is 4.79 Å². The van der Waals surface area contributed by atoms with Crippen LogP contribution in [0.3, 0.4) is 0 Å². The molecule has 1 N–H and O–H groups in total. The van der Waals surface area contributed by atoms with E-state index in [4.69, 9.17) is 4.74 Å². The van der Waals surface area contributed by atoms with E-state index in [1.807, 2.05) is 44.2 Å². The molecule has 0 fully saturated rings. The van der Waals surface area contributed by atoms with E-state index >= 15 is 0 Å². The van der Waals surface area contributed by atoms with Gasteiger partial charge in [-0.25, -0.2) is 17.9 Å². The summed E-state index contributed by atoms with van der Waals surface area (Å²) in [5.74, 6) is -0.621. The molecule has 0 spiro atoms. The molecule has 32 heavy (non-hydrogen) atoms. The summed E-state index contributed by atoms with van der Waals surface area (Å²) in [6.45, 7) is 4.99. The molecule has 3 rings (SSSR count). The fourth-order valence-corrected chi connectivity index (χ4v) is 6.98. The normalized spacial score (nSPS) is 13.8. The fraction of sp³-hybridized carbons (Fsp3) is 0.478. The number of rotatable bonds is 9. The van der Waals surface area contributed by atoms with Gasteiger partial charge in [0.25, 0.3) is 10.0 Å². The first kappa shape index (κ1) is 24.4. The molecular weight excluding hydrogens is 448 g/mol. The lowest BCUT2D eigenvalue weighted by atomic mass is 9.98. The number of amides is 1. The van der Waals surface area contributed by atoms with Crippen molar-refractivity contribution in [2.75, 3.05) is 20.2 Å². The molecule has 0 saturated heterocycles. The van der Waals surface area contributed by atoms with Crippen molar-refractivity contribution >= 4 is 33.2 Å². The first-order valence-corrected chi connectivity index (χ1v) is 13.2. The maximum Gasteiger partial charge on any atom is 0.340 e. The van der Waals surface area contributed by atoms with Gasteiger partial charge in [-0.2, -0.15) is 0 Å². The number of nitrogens with one attached hydrogen (secondary N) is 1. The Labute approximate surface area is 193 Å². The van der Waals surface area contributed by atoms with Crippen LogP contribution in [0.25, 0.3) is 0 Å². The zero-order chi connectivity index (χ0) is 23.3. The lowest BCUT2D eigenvalue weighted by molar-refractivity contribution is -0.136. The molecule has 9 heteroatoms. The van der Waals surface area contributed by atoms with Gasteiger partial charge in [0.15, 0.2) is 0 Å². The van der Waals surface area contributed by atoms with Gasteiger partial charge in [-0.05, 0) is 36.8 Å². The third kappa shape index (κ3) is 5.22. The van der Waals surface area contributed by atoms with Gasteiger partial charge in [0.1, 0.15) is 4.21 Å². The molecule has 7 nitrogen and oxygen atoms in total. The van der Waals surface area contributed by atoms with Gasteiger partial charge >= 0.3 is 5.97 Å². The number of sulfonamides is 1. The topological polar surface area (TPSA) is 92.8 Å². The summed E-state index contributed by atoms with van der Waals surface area (Å²) in [7, 11) is -2.66. The largest absolute Gasteiger partial charge is 0.465 e. The number of fused-ring (bicyclic) bond motifs is 1. The van der Waals surface area contributed by atoms with Crippen molar-refractivity contribution in [1.82, 2.24) is 9.62 Å². The zero-order valence-corrected chi connectivity index (χ0v) is 20.4. The smallest absolute Gasteiger partial charge is 0.340 e. The number of esters is 1. The van der Waals surface area contributed by atoms with Crippen LogP contribution in [-0.4, -0.2) is 45.4 Å². The van der Waals surface area contributed by atoms with Crippen LogP contribution in [0.2, 0.25) is 0 Å². The second kappa shape index (κ2) is 10.6. The summed E-state index contributed by atoms with van der Waals surface area (Å²) in [5, 5.41) is 0. The average Bonchev–Trinajstić information content (AvgIpc) is 3.19. The van der Waals surface area contributed by atoms with Crippen molar-refractivity contribution in [3.8, 4) is 0 Å². The number of thiophene rings is 1. The van der Waals surface area contributed by atoms with Crippen molar-refractivity contribution in [3.63, 3.8) is 0 Å². The van der Waals surface area contributed by atoms with Crippen molar-refractivity contribution in [3.05, 3.63) is 51.9 Å². The van der Waals surface area contributed by atoms with Crippen LogP contribution in [0.1, 0.15) is 53.1 Å². The monoisotopic (exact) mass is 478 g/mol. The number of nitrogens with zero attached hydrogens (tertiary/aromatic N) is 1. The third-order valence-corrected chi connectivity index (χ3v) is 9.05. The Morgan fingerprint density at radius 2 is 1.88 bits per heavy atom. The van der Waals surface area contributed by atoms with Crippen molar-refractivity contribution in [1.29, 1.82) is 0 Å². The lowest BCUT2D eigenvalue weighted by Crippen LogP contribution is -2.39. The number of ether oxygens (including phenoxy) is 1. The minimum absolute atomic E-state index is 0.0285. The minimum Gasteiger partial charge on any atom is -0.465 e. The molecule has 0 aliphatic carbocycles. The van der Waals surface area contributed by atoms with Crippen molar-refractivity contribution in [2.45, 2.75) is 50.3 Å². The van der Waals surface area contributed by atoms with Gasteiger partial charge in [-0.1, -0.05) is 44.2 Å². The zero-order valence-electron chi connectivity index (χ0n) is 18.7. The maximum atomic E-state index is 13.1. The Kier molecular flexibility index (Phi) is 8.08. The summed E-state index contributed by atoms with van der Waals surface area (Å²) in [6.07, 6.45) is 2.50. The molecule has 174 valence electrons. The minimum atomic E-state index is -3.91. The van der Waals surface area contributed by atoms with E-state index in [0.29, 0.717) is 31.5 Å². The number of methoxy groups -OCH3 is 1. The van der Waals surface area contributed by atoms with Crippen LogP contribution in [0.15, 0.2) is 34.5 Å². The van der Waals surface area contributed by atoms with E-state index in [1.165, 1.54) is 7.11 Å². The van der Waals surface area contributed by atoms with Crippen LogP contribution < -0.4 is 4.72 Å². The van der Waals surface area contributed by atoms with Crippen molar-refractivity contribution < 1.29 is 22.7 Å². The predicted molar refractivity (Wildman–Crippen MR) is 124 cm³/mol. The van der Waals surface area contributed by atoms with Gasteiger partial charge in [0.2, 0.25) is 5.91 Å². The van der Waals surface area contributed by atoms with E-state index in [1.54, 1.807) is 4.90 Å². The Balaban J connectivity index is 1.85. The second-order valence-corrected chi connectivity index (χ2v) is 10.9. The first-order valence-electron chi connectivity index (χ1n) is 10.9. The standard InChI is InChI=1S/C23H30N2O5S2/c1-4-17(5-2)21(26)25-14-12-18-19(15-25)31-23(20(18)22(27)30-3)32(28,29)24-13-11-16-9-7-6-8-10-16/h6-10,17,24H,4-5,11-15H2,1-3H3. The van der Waals surface area contributed by atoms with Gasteiger partial charge < -0.3 is 9.64 Å². The molecule has 0 saturated carbocycles. The van der Waals surface area contributed by atoms with Gasteiger partial charge in [-0.15, -0.1) is 11.3 Å². The molecule has 0 atom stereocenters. The molecule has 0 radical (unpaired) electrons. The molecule has 2 heterocycles. The molecule has 1 amide bonds. The third-order valence-electron chi connectivity index (χ3n) is 5.85. The molecule has 0 bridgehead atoms. The Hall–Kier alpha value is -2.23. The van der Waals surface area contributed by atoms with E-state index in [0.717, 1.165) is 34.6 Å². The van der Waals surface area contributed by atoms with E-state index in [-0.39, 0.29) is 28.1 Å². The highest BCUT2D eigenvalue weighted by molar-refractivity contribution is 7.91. The van der Waals surface area contributed by atoms with E-state index in [2.05, 4.69) is 4.72 Å². The number of benzene rings is 1. The molecule has 1 aromatic carbocycles. The molecule has 1 aliphatic heterocycles. The van der Waals surface area contributed by atoms with Crippen LogP contribution >= 0.6 is 11.3 Å². The molecular formula is C23H30N2O5S2. The fourth-order valence-electron chi connectivity index (χ4n) is 4.00. The molecule has 2 aromatic rings. The maximum absolute atomic E-state index is 13.1. The summed E-state index contributed by atoms with van der Waals surface area (Å²) >= 11 is 1.06. The SMILES string of the molecule is CCC(CC)C(=O)N1CCc2c(sc(S(=O)(=O)NCCc3ccccc3)c2C(=O)OC)C1. The average molecular weight is 479 g/mol. The Morgan fingerprint density at radius 3 is 2.50 bits per heavy atom. The molecule has 0 unspecified atom stereocenters. The summed E-state index contributed by atoms with van der Waals surface area (Å²) in [6, 6.07) is 9.58. The quantitative estimate of drug-likeness (QED) is 0.558. The number of hydrogen-bond donors (Lipinski definition) is 1. The number of hydrogen-bond acceptors (Lipinski definition) is 6.